The van der Waals surface area contributed by atoms with Crippen LogP contribution in [0.4, 0.5) is 17.1 Å². The van der Waals surface area contributed by atoms with E-state index in [1.54, 1.807) is 0 Å². The molecule has 0 radical (unpaired) electrons. The SMILES string of the molecule is C(=Cc1ccc(N(c2ccc(-n3c4ccccc4c4ccccc43)cc2)c2cccc(-c3ccccc3)c2)cc1)c1ccccc1. The quantitative estimate of drug-likeness (QED) is 0.168. The van der Waals surface area contributed by atoms with Gasteiger partial charge in [0.1, 0.15) is 0 Å². The highest BCUT2D eigenvalue weighted by Gasteiger charge is 2.16. The number of hydrogen-bond acceptors (Lipinski definition) is 1. The molecule has 7 aromatic carbocycles. The Balaban J connectivity index is 1.21. The summed E-state index contributed by atoms with van der Waals surface area (Å²) in [5, 5.41) is 2.53. The maximum Gasteiger partial charge on any atom is 0.0541 e. The van der Waals surface area contributed by atoms with Gasteiger partial charge < -0.3 is 9.47 Å². The van der Waals surface area contributed by atoms with E-state index in [0.717, 1.165) is 28.3 Å². The summed E-state index contributed by atoms with van der Waals surface area (Å²) in [6.07, 6.45) is 4.32. The van der Waals surface area contributed by atoms with Crippen LogP contribution in [0.25, 0.3) is 50.8 Å². The number of fused-ring (bicyclic) bond motifs is 3. The molecule has 1 heterocycles. The molecule has 0 fully saturated rings. The van der Waals surface area contributed by atoms with E-state index >= 15 is 0 Å². The number of hydrogen-bond donors (Lipinski definition) is 0. The predicted molar refractivity (Wildman–Crippen MR) is 196 cm³/mol. The van der Waals surface area contributed by atoms with E-state index in [-0.39, 0.29) is 0 Å². The van der Waals surface area contributed by atoms with Gasteiger partial charge in [-0.15, -0.1) is 0 Å². The van der Waals surface area contributed by atoms with Crippen LogP contribution >= 0.6 is 0 Å². The maximum atomic E-state index is 2.36. The monoisotopic (exact) mass is 588 g/mol. The van der Waals surface area contributed by atoms with Crippen molar-refractivity contribution in [1.29, 1.82) is 0 Å². The largest absolute Gasteiger partial charge is 0.310 e. The molecule has 0 aliphatic heterocycles. The van der Waals surface area contributed by atoms with Crippen LogP contribution in [-0.4, -0.2) is 4.57 Å². The zero-order valence-electron chi connectivity index (χ0n) is 25.4. The summed E-state index contributed by atoms with van der Waals surface area (Å²) in [5.41, 5.74) is 11.6. The lowest BCUT2D eigenvalue weighted by Gasteiger charge is -2.26. The lowest BCUT2D eigenvalue weighted by molar-refractivity contribution is 1.17. The Morgan fingerprint density at radius 1 is 0.370 bits per heavy atom. The minimum atomic E-state index is 1.10. The van der Waals surface area contributed by atoms with Crippen LogP contribution in [-0.2, 0) is 0 Å². The Bertz CT molecular complexity index is 2220. The Kier molecular flexibility index (Phi) is 7.22. The summed E-state index contributed by atoms with van der Waals surface area (Å²) in [6, 6.07) is 64.8. The molecule has 0 unspecified atom stereocenters. The molecule has 218 valence electrons. The van der Waals surface area contributed by atoms with Crippen molar-refractivity contribution in [2.75, 3.05) is 4.90 Å². The molecule has 0 amide bonds. The van der Waals surface area contributed by atoms with E-state index in [1.165, 1.54) is 38.5 Å². The van der Waals surface area contributed by atoms with Crippen molar-refractivity contribution >= 4 is 51.0 Å². The van der Waals surface area contributed by atoms with Crippen LogP contribution in [0.3, 0.4) is 0 Å². The van der Waals surface area contributed by atoms with Gasteiger partial charge in [-0.3, -0.25) is 0 Å². The van der Waals surface area contributed by atoms with Gasteiger partial charge in [0.15, 0.2) is 0 Å². The molecule has 2 heteroatoms. The van der Waals surface area contributed by atoms with Crippen molar-refractivity contribution < 1.29 is 0 Å². The second-order valence-corrected chi connectivity index (χ2v) is 11.5. The molecule has 8 rings (SSSR count). The zero-order chi connectivity index (χ0) is 30.7. The van der Waals surface area contributed by atoms with E-state index in [1.807, 2.05) is 6.07 Å². The highest BCUT2D eigenvalue weighted by Crippen LogP contribution is 2.38. The van der Waals surface area contributed by atoms with Crippen LogP contribution in [0.5, 0.6) is 0 Å². The standard InChI is InChI=1S/C44H32N2/c1-3-12-33(13-4-1)22-23-34-24-26-37(27-25-34)45(40-17-11-16-36(32-40)35-14-5-2-6-15-35)38-28-30-39(31-29-38)46-43-20-9-7-18-41(43)42-19-8-10-21-44(42)46/h1-32H. The van der Waals surface area contributed by atoms with Crippen LogP contribution in [0.2, 0.25) is 0 Å². The van der Waals surface area contributed by atoms with E-state index in [4.69, 9.17) is 0 Å². The minimum absolute atomic E-state index is 1.10. The molecule has 0 saturated heterocycles. The summed E-state index contributed by atoms with van der Waals surface area (Å²) < 4.78 is 2.36. The van der Waals surface area contributed by atoms with Gasteiger partial charge in [0.05, 0.1) is 11.0 Å². The second kappa shape index (κ2) is 12.1. The smallest absolute Gasteiger partial charge is 0.0541 e. The summed E-state index contributed by atoms with van der Waals surface area (Å²) in [5.74, 6) is 0. The average molecular weight is 589 g/mol. The maximum absolute atomic E-state index is 2.36. The first kappa shape index (κ1) is 27.4. The first-order chi connectivity index (χ1) is 22.8. The third-order valence-corrected chi connectivity index (χ3v) is 8.58. The van der Waals surface area contributed by atoms with E-state index in [2.05, 4.69) is 198 Å². The van der Waals surface area contributed by atoms with E-state index < -0.39 is 0 Å². The van der Waals surface area contributed by atoms with E-state index in [9.17, 15) is 0 Å². The third-order valence-electron chi connectivity index (χ3n) is 8.58. The van der Waals surface area contributed by atoms with Crippen LogP contribution < -0.4 is 4.90 Å². The first-order valence-electron chi connectivity index (χ1n) is 15.7. The number of aromatic nitrogens is 1. The molecule has 46 heavy (non-hydrogen) atoms. The molecule has 1 aromatic heterocycles. The van der Waals surface area contributed by atoms with Gasteiger partial charge in [-0.25, -0.2) is 0 Å². The fourth-order valence-electron chi connectivity index (χ4n) is 6.34. The summed E-state index contributed by atoms with van der Waals surface area (Å²) >= 11 is 0. The molecule has 0 aliphatic rings. The lowest BCUT2D eigenvalue weighted by Crippen LogP contribution is -2.10. The number of anilines is 3. The lowest BCUT2D eigenvalue weighted by atomic mass is 10.0. The number of para-hydroxylation sites is 2. The van der Waals surface area contributed by atoms with Crippen molar-refractivity contribution in [3.05, 3.63) is 193 Å². The molecule has 0 saturated carbocycles. The Labute approximate surface area is 269 Å². The Morgan fingerprint density at radius 3 is 1.50 bits per heavy atom. The summed E-state index contributed by atoms with van der Waals surface area (Å²) in [7, 11) is 0. The van der Waals surface area contributed by atoms with Crippen molar-refractivity contribution in [2.24, 2.45) is 0 Å². The van der Waals surface area contributed by atoms with Gasteiger partial charge in [-0.1, -0.05) is 133 Å². The van der Waals surface area contributed by atoms with Crippen molar-refractivity contribution in [3.63, 3.8) is 0 Å². The van der Waals surface area contributed by atoms with Crippen molar-refractivity contribution in [2.45, 2.75) is 0 Å². The highest BCUT2D eigenvalue weighted by atomic mass is 15.1. The first-order valence-corrected chi connectivity index (χ1v) is 15.7. The number of nitrogens with zero attached hydrogens (tertiary/aromatic N) is 2. The van der Waals surface area contributed by atoms with Crippen LogP contribution in [0.15, 0.2) is 182 Å². The fourth-order valence-corrected chi connectivity index (χ4v) is 6.34. The fraction of sp³-hybridized carbons (Fsp3) is 0. The number of benzene rings is 7. The Hall–Kier alpha value is -6.12. The van der Waals surface area contributed by atoms with Gasteiger partial charge in [-0.2, -0.15) is 0 Å². The van der Waals surface area contributed by atoms with Crippen molar-refractivity contribution in [3.8, 4) is 16.8 Å². The zero-order valence-corrected chi connectivity index (χ0v) is 25.4. The molecule has 2 nitrogen and oxygen atoms in total. The van der Waals surface area contributed by atoms with Gasteiger partial charge in [0.25, 0.3) is 0 Å². The van der Waals surface area contributed by atoms with E-state index in [0.29, 0.717) is 0 Å². The molecular weight excluding hydrogens is 556 g/mol. The van der Waals surface area contributed by atoms with Gasteiger partial charge >= 0.3 is 0 Å². The molecular formula is C44H32N2. The van der Waals surface area contributed by atoms with Crippen LogP contribution in [0, 0.1) is 0 Å². The molecule has 0 spiro atoms. The molecule has 8 aromatic rings. The highest BCUT2D eigenvalue weighted by molar-refractivity contribution is 6.09. The van der Waals surface area contributed by atoms with Gasteiger partial charge in [-0.05, 0) is 82.9 Å². The molecule has 0 N–H and O–H groups in total. The second-order valence-electron chi connectivity index (χ2n) is 11.5. The summed E-state index contributed by atoms with van der Waals surface area (Å²) in [6.45, 7) is 0. The van der Waals surface area contributed by atoms with Crippen molar-refractivity contribution in [1.82, 2.24) is 4.57 Å². The topological polar surface area (TPSA) is 8.17 Å². The normalized spacial score (nSPS) is 11.4. The number of rotatable bonds is 7. The molecule has 0 atom stereocenters. The summed E-state index contributed by atoms with van der Waals surface area (Å²) in [4.78, 5) is 2.34. The molecule has 0 aliphatic carbocycles. The minimum Gasteiger partial charge on any atom is -0.310 e. The Morgan fingerprint density at radius 2 is 0.870 bits per heavy atom. The molecule has 0 bridgehead atoms. The van der Waals surface area contributed by atoms with Gasteiger partial charge in [0.2, 0.25) is 0 Å². The van der Waals surface area contributed by atoms with Crippen LogP contribution in [0.1, 0.15) is 11.1 Å². The van der Waals surface area contributed by atoms with Gasteiger partial charge in [0, 0.05) is 33.5 Å². The predicted octanol–water partition coefficient (Wildman–Crippen LogP) is 12.1. The average Bonchev–Trinajstić information content (AvgIpc) is 3.47. The third kappa shape index (κ3) is 5.27.